The van der Waals surface area contributed by atoms with E-state index < -0.39 is 11.6 Å². The molecule has 2 aliphatic rings. The van der Waals surface area contributed by atoms with E-state index in [1.165, 1.54) is 24.3 Å². The van der Waals surface area contributed by atoms with Gasteiger partial charge in [-0.05, 0) is 49.2 Å². The molecule has 2 aromatic carbocycles. The number of urea groups is 1. The minimum absolute atomic E-state index is 0.0182. The largest absolute Gasteiger partial charge is 0.733 e. The van der Waals surface area contributed by atoms with Crippen molar-refractivity contribution >= 4 is 34.2 Å². The fourth-order valence-electron chi connectivity index (χ4n) is 4.35. The fourth-order valence-corrected chi connectivity index (χ4v) is 4.35. The van der Waals surface area contributed by atoms with Crippen molar-refractivity contribution in [2.45, 2.75) is 18.9 Å². The number of amides is 3. The lowest BCUT2D eigenvalue weighted by Gasteiger charge is -2.35. The molecule has 1 saturated heterocycles. The molecule has 0 aliphatic carbocycles. The number of aromatic nitrogens is 1. The van der Waals surface area contributed by atoms with Crippen LogP contribution in [0.1, 0.15) is 18.2 Å². The van der Waals surface area contributed by atoms with Crippen molar-refractivity contribution in [1.29, 1.82) is 0 Å². The quantitative estimate of drug-likeness (QED) is 0.528. The molecule has 28 heavy (non-hydrogen) atoms. The summed E-state index contributed by atoms with van der Waals surface area (Å²) >= 11 is 0. The lowest BCUT2D eigenvalue weighted by atomic mass is 9.87. The van der Waals surface area contributed by atoms with E-state index in [1.54, 1.807) is 11.8 Å². The molecule has 1 atom stereocenters. The molecule has 142 valence electrons. The predicted molar refractivity (Wildman–Crippen MR) is 103 cm³/mol. The van der Waals surface area contributed by atoms with Crippen LogP contribution in [0.2, 0.25) is 0 Å². The number of nitrogens with zero attached hydrogens (tertiary/aromatic N) is 3. The number of hydrogen-bond acceptors (Lipinski definition) is 5. The van der Waals surface area contributed by atoms with E-state index >= 15 is 0 Å². The van der Waals surface area contributed by atoms with E-state index in [0.717, 1.165) is 27.1 Å². The molecular formula is C20H17N4O4-. The summed E-state index contributed by atoms with van der Waals surface area (Å²) in [5.41, 5.74) is 2.01. The summed E-state index contributed by atoms with van der Waals surface area (Å²) in [4.78, 5) is 32.6. The van der Waals surface area contributed by atoms with E-state index in [2.05, 4.69) is 4.98 Å². The topological polar surface area (TPSA) is 103 Å². The number of carbonyl (C=O) groups is 2. The van der Waals surface area contributed by atoms with Gasteiger partial charge in [0.2, 0.25) is 0 Å². The number of fused-ring (bicyclic) bond motifs is 5. The standard InChI is InChI=1S/C20H17N4O4/c1-20-17-15(14-4-2-3-5-16(14)21-17)10-11-22(20)19(26)23(18(20)25)12-6-8-13(9-7-12)24(27)28/h2-9,21,27H,10-11H2,1H3/q-1/t20-/m0/s1. The van der Waals surface area contributed by atoms with Gasteiger partial charge in [-0.15, -0.1) is 0 Å². The molecule has 0 bridgehead atoms. The first-order valence-electron chi connectivity index (χ1n) is 8.95. The molecule has 0 unspecified atom stereocenters. The lowest BCUT2D eigenvalue weighted by Crippen LogP contribution is -2.49. The molecule has 5 rings (SSSR count). The van der Waals surface area contributed by atoms with Gasteiger partial charge in [-0.25, -0.2) is 9.69 Å². The molecule has 0 spiro atoms. The third-order valence-electron chi connectivity index (χ3n) is 5.80. The van der Waals surface area contributed by atoms with Crippen LogP contribution < -0.4 is 10.1 Å². The number of rotatable bonds is 2. The van der Waals surface area contributed by atoms with Gasteiger partial charge in [-0.2, -0.15) is 0 Å². The van der Waals surface area contributed by atoms with Gasteiger partial charge in [0.25, 0.3) is 5.91 Å². The number of carbonyl (C=O) groups excluding carboxylic acids is 2. The molecule has 8 nitrogen and oxygen atoms in total. The number of benzene rings is 2. The van der Waals surface area contributed by atoms with Crippen molar-refractivity contribution < 1.29 is 14.8 Å². The minimum Gasteiger partial charge on any atom is -0.733 e. The van der Waals surface area contributed by atoms with Crippen LogP contribution in [0.3, 0.4) is 0 Å². The van der Waals surface area contributed by atoms with Crippen molar-refractivity contribution in [1.82, 2.24) is 9.88 Å². The molecule has 3 amide bonds. The minimum atomic E-state index is -1.12. The Bertz CT molecular complexity index is 1120. The Morgan fingerprint density at radius 3 is 2.57 bits per heavy atom. The van der Waals surface area contributed by atoms with Crippen molar-refractivity contribution in [3.8, 4) is 0 Å². The highest BCUT2D eigenvalue weighted by Crippen LogP contribution is 2.45. The number of anilines is 2. The fraction of sp³-hybridized carbons (Fsp3) is 0.200. The Morgan fingerprint density at radius 2 is 1.86 bits per heavy atom. The lowest BCUT2D eigenvalue weighted by molar-refractivity contribution is -0.125. The Kier molecular flexibility index (Phi) is 3.34. The summed E-state index contributed by atoms with van der Waals surface area (Å²) in [5, 5.41) is 20.8. The number of hydrogen-bond donors (Lipinski definition) is 2. The highest BCUT2D eigenvalue weighted by Gasteiger charge is 2.58. The predicted octanol–water partition coefficient (Wildman–Crippen LogP) is 3.10. The summed E-state index contributed by atoms with van der Waals surface area (Å²) in [6.07, 6.45) is 0.663. The zero-order chi connectivity index (χ0) is 19.6. The third kappa shape index (κ3) is 2.01. The second-order valence-corrected chi connectivity index (χ2v) is 7.21. The van der Waals surface area contributed by atoms with Gasteiger partial charge in [0.05, 0.1) is 17.1 Å². The van der Waals surface area contributed by atoms with E-state index in [9.17, 15) is 14.8 Å². The van der Waals surface area contributed by atoms with Gasteiger partial charge >= 0.3 is 6.03 Å². The van der Waals surface area contributed by atoms with Gasteiger partial charge in [0.15, 0.2) is 5.54 Å². The van der Waals surface area contributed by atoms with Gasteiger partial charge in [-0.3, -0.25) is 10.0 Å². The summed E-state index contributed by atoms with van der Waals surface area (Å²) in [6, 6.07) is 13.1. The third-order valence-corrected chi connectivity index (χ3v) is 5.80. The van der Waals surface area contributed by atoms with Crippen LogP contribution in [0.25, 0.3) is 10.9 Å². The Labute approximate surface area is 160 Å². The summed E-state index contributed by atoms with van der Waals surface area (Å²) in [5.74, 6) is -0.347. The van der Waals surface area contributed by atoms with Crippen LogP contribution in [0, 0.1) is 5.21 Å². The smallest absolute Gasteiger partial charge is 0.332 e. The first-order valence-corrected chi connectivity index (χ1v) is 8.95. The maximum absolute atomic E-state index is 13.5. The van der Waals surface area contributed by atoms with Crippen LogP contribution in [-0.2, 0) is 16.8 Å². The van der Waals surface area contributed by atoms with Crippen molar-refractivity contribution in [3.63, 3.8) is 0 Å². The number of nitrogens with one attached hydrogen (secondary N) is 1. The molecular weight excluding hydrogens is 360 g/mol. The first kappa shape index (κ1) is 16.8. The van der Waals surface area contributed by atoms with Gasteiger partial charge in [0, 0.05) is 17.4 Å². The molecule has 8 heteroatoms. The van der Waals surface area contributed by atoms with Crippen LogP contribution >= 0.6 is 0 Å². The monoisotopic (exact) mass is 377 g/mol. The number of para-hydroxylation sites is 1. The van der Waals surface area contributed by atoms with E-state index in [1.807, 2.05) is 24.3 Å². The summed E-state index contributed by atoms with van der Waals surface area (Å²) < 4.78 is 0. The highest BCUT2D eigenvalue weighted by atomic mass is 16.8. The molecule has 2 aliphatic heterocycles. The van der Waals surface area contributed by atoms with Gasteiger partial charge in [-0.1, -0.05) is 18.2 Å². The highest BCUT2D eigenvalue weighted by molar-refractivity contribution is 6.23. The zero-order valence-electron chi connectivity index (χ0n) is 15.0. The molecule has 1 aromatic heterocycles. The number of aromatic amines is 1. The van der Waals surface area contributed by atoms with E-state index in [-0.39, 0.29) is 16.8 Å². The Morgan fingerprint density at radius 1 is 1.14 bits per heavy atom. The average molecular weight is 377 g/mol. The van der Waals surface area contributed by atoms with Gasteiger partial charge in [0.1, 0.15) is 0 Å². The second-order valence-electron chi connectivity index (χ2n) is 7.21. The zero-order valence-corrected chi connectivity index (χ0v) is 15.0. The SMILES string of the molecule is C[C@]12C(=O)N(c3ccc(N([O-])O)cc3)C(=O)N1CCc1c2[nH]c2ccccc12. The molecule has 1 fully saturated rings. The summed E-state index contributed by atoms with van der Waals surface area (Å²) in [7, 11) is 0. The molecule has 0 saturated carbocycles. The average Bonchev–Trinajstić information content (AvgIpc) is 3.17. The van der Waals surface area contributed by atoms with Crippen molar-refractivity contribution in [2.75, 3.05) is 16.7 Å². The molecule has 3 aromatic rings. The maximum atomic E-state index is 13.5. The Hall–Kier alpha value is -3.36. The van der Waals surface area contributed by atoms with E-state index in [0.29, 0.717) is 18.7 Å². The maximum Gasteiger partial charge on any atom is 0.332 e. The van der Waals surface area contributed by atoms with Crippen molar-refractivity contribution in [3.05, 3.63) is 65.0 Å². The molecule has 2 N–H and O–H groups in total. The summed E-state index contributed by atoms with van der Waals surface area (Å²) in [6.45, 7) is 2.21. The van der Waals surface area contributed by atoms with Gasteiger partial charge < -0.3 is 20.3 Å². The second kappa shape index (κ2) is 5.57. The molecule has 3 heterocycles. The first-order chi connectivity index (χ1) is 13.4. The van der Waals surface area contributed by atoms with Crippen LogP contribution in [0.4, 0.5) is 16.2 Å². The number of H-pyrrole nitrogens is 1. The normalized spacial score (nSPS) is 21.2. The van der Waals surface area contributed by atoms with Crippen LogP contribution in [-0.4, -0.2) is 33.6 Å². The van der Waals surface area contributed by atoms with Crippen LogP contribution in [0.5, 0.6) is 0 Å². The van der Waals surface area contributed by atoms with Crippen molar-refractivity contribution in [2.24, 2.45) is 0 Å². The Balaban J connectivity index is 1.62. The van der Waals surface area contributed by atoms with Crippen LogP contribution in [0.15, 0.2) is 48.5 Å². The van der Waals surface area contributed by atoms with E-state index in [4.69, 9.17) is 5.21 Å². The molecule has 0 radical (unpaired) electrons. The number of imide groups is 1.